The van der Waals surface area contributed by atoms with E-state index in [2.05, 4.69) is 5.32 Å². The van der Waals surface area contributed by atoms with Crippen molar-refractivity contribution in [2.45, 2.75) is 13.0 Å². The van der Waals surface area contributed by atoms with E-state index in [-0.39, 0.29) is 17.4 Å². The largest absolute Gasteiger partial charge is 0.504 e. The fourth-order valence-electron chi connectivity index (χ4n) is 1.82. The van der Waals surface area contributed by atoms with Crippen LogP contribution in [0.3, 0.4) is 0 Å². The Labute approximate surface area is 121 Å². The number of hydrogen-bond donors (Lipinski definition) is 3. The Morgan fingerprint density at radius 3 is 2.45 bits per heavy atom. The molecule has 0 radical (unpaired) electrons. The Morgan fingerprint density at radius 1 is 1.15 bits per heavy atom. The number of carbonyl (C=O) groups is 1. The molecule has 1 unspecified atom stereocenters. The second-order valence-electron chi connectivity index (χ2n) is 4.42. The topological polar surface area (TPSA) is 69.6 Å². The van der Waals surface area contributed by atoms with Crippen molar-refractivity contribution in [3.05, 3.63) is 58.6 Å². The third-order valence-corrected chi connectivity index (χ3v) is 3.23. The molecule has 3 N–H and O–H groups in total. The smallest absolute Gasteiger partial charge is 0.255 e. The SMILES string of the molecule is CC(NC(=O)c1cccc(O)c1O)c1ccc(Cl)cc1. The van der Waals surface area contributed by atoms with Crippen molar-refractivity contribution >= 4 is 17.5 Å². The highest BCUT2D eigenvalue weighted by atomic mass is 35.5. The number of phenolic OH excluding ortho intramolecular Hbond substituents is 2. The molecule has 0 bridgehead atoms. The summed E-state index contributed by atoms with van der Waals surface area (Å²) in [6.07, 6.45) is 0. The summed E-state index contributed by atoms with van der Waals surface area (Å²) in [7, 11) is 0. The summed E-state index contributed by atoms with van der Waals surface area (Å²) >= 11 is 5.81. The fraction of sp³-hybridized carbons (Fsp3) is 0.133. The van der Waals surface area contributed by atoms with Gasteiger partial charge in [-0.1, -0.05) is 29.8 Å². The maximum Gasteiger partial charge on any atom is 0.255 e. The summed E-state index contributed by atoms with van der Waals surface area (Å²) in [5.74, 6) is -1.20. The number of halogens is 1. The average Bonchev–Trinajstić information content (AvgIpc) is 2.42. The molecule has 5 heteroatoms. The van der Waals surface area contributed by atoms with E-state index >= 15 is 0 Å². The van der Waals surface area contributed by atoms with E-state index in [4.69, 9.17) is 11.6 Å². The lowest BCUT2D eigenvalue weighted by molar-refractivity contribution is 0.0936. The van der Waals surface area contributed by atoms with Gasteiger partial charge in [-0.3, -0.25) is 4.79 Å². The summed E-state index contributed by atoms with van der Waals surface area (Å²) in [4.78, 5) is 12.1. The molecule has 104 valence electrons. The number of para-hydroxylation sites is 1. The molecule has 1 atom stereocenters. The highest BCUT2D eigenvalue weighted by molar-refractivity contribution is 6.30. The monoisotopic (exact) mass is 291 g/mol. The summed E-state index contributed by atoms with van der Waals surface area (Å²) < 4.78 is 0. The van der Waals surface area contributed by atoms with Gasteiger partial charge in [-0.2, -0.15) is 0 Å². The van der Waals surface area contributed by atoms with Crippen molar-refractivity contribution in [3.8, 4) is 11.5 Å². The molecule has 0 aliphatic rings. The molecule has 0 aliphatic heterocycles. The summed E-state index contributed by atoms with van der Waals surface area (Å²) in [6.45, 7) is 1.82. The lowest BCUT2D eigenvalue weighted by Crippen LogP contribution is -2.26. The van der Waals surface area contributed by atoms with Gasteiger partial charge in [0.1, 0.15) is 0 Å². The normalized spacial score (nSPS) is 11.9. The van der Waals surface area contributed by atoms with E-state index in [1.807, 2.05) is 19.1 Å². The molecule has 0 fully saturated rings. The highest BCUT2D eigenvalue weighted by Gasteiger charge is 2.16. The minimum Gasteiger partial charge on any atom is -0.504 e. The maximum atomic E-state index is 12.1. The predicted molar refractivity (Wildman–Crippen MR) is 77.1 cm³/mol. The number of phenols is 2. The first-order chi connectivity index (χ1) is 9.49. The molecule has 0 saturated carbocycles. The standard InChI is InChI=1S/C15H14ClNO3/c1-9(10-5-7-11(16)8-6-10)17-15(20)12-3-2-4-13(18)14(12)19/h2-9,18-19H,1H3,(H,17,20). The molecule has 20 heavy (non-hydrogen) atoms. The zero-order chi connectivity index (χ0) is 14.7. The van der Waals surface area contributed by atoms with Gasteiger partial charge in [0.2, 0.25) is 0 Å². The molecule has 2 aromatic carbocycles. The Balaban J connectivity index is 2.15. The lowest BCUT2D eigenvalue weighted by atomic mass is 10.1. The van der Waals surface area contributed by atoms with Gasteiger partial charge < -0.3 is 15.5 Å². The summed E-state index contributed by atoms with van der Waals surface area (Å²) in [5, 5.41) is 22.4. The highest BCUT2D eigenvalue weighted by Crippen LogP contribution is 2.28. The van der Waals surface area contributed by atoms with Crippen LogP contribution in [0.4, 0.5) is 0 Å². The number of rotatable bonds is 3. The Hall–Kier alpha value is -2.20. The van der Waals surface area contributed by atoms with Crippen molar-refractivity contribution in [2.75, 3.05) is 0 Å². The van der Waals surface area contributed by atoms with Crippen molar-refractivity contribution < 1.29 is 15.0 Å². The molecule has 0 heterocycles. The molecule has 1 amide bonds. The van der Waals surface area contributed by atoms with Gasteiger partial charge in [-0.25, -0.2) is 0 Å². The first-order valence-corrected chi connectivity index (χ1v) is 6.44. The maximum absolute atomic E-state index is 12.1. The third-order valence-electron chi connectivity index (χ3n) is 2.98. The van der Waals surface area contributed by atoms with E-state index in [1.165, 1.54) is 18.2 Å². The number of aromatic hydroxyl groups is 2. The van der Waals surface area contributed by atoms with Gasteiger partial charge in [0.25, 0.3) is 5.91 Å². The van der Waals surface area contributed by atoms with Crippen LogP contribution < -0.4 is 5.32 Å². The zero-order valence-corrected chi connectivity index (χ0v) is 11.6. The number of amides is 1. The number of nitrogens with one attached hydrogen (secondary N) is 1. The molecule has 2 rings (SSSR count). The van der Waals surface area contributed by atoms with E-state index in [9.17, 15) is 15.0 Å². The Bertz CT molecular complexity index is 626. The summed E-state index contributed by atoms with van der Waals surface area (Å²) in [5.41, 5.74) is 0.924. The Morgan fingerprint density at radius 2 is 1.80 bits per heavy atom. The van der Waals surface area contributed by atoms with Gasteiger partial charge in [-0.05, 0) is 36.8 Å². The van der Waals surface area contributed by atoms with Crippen LogP contribution in [0, 0.1) is 0 Å². The fourth-order valence-corrected chi connectivity index (χ4v) is 1.95. The molecule has 0 aromatic heterocycles. The lowest BCUT2D eigenvalue weighted by Gasteiger charge is -2.15. The number of hydrogen-bond acceptors (Lipinski definition) is 3. The molecule has 4 nitrogen and oxygen atoms in total. The molecule has 0 aliphatic carbocycles. The van der Waals surface area contributed by atoms with Gasteiger partial charge in [0.15, 0.2) is 11.5 Å². The van der Waals surface area contributed by atoms with Crippen molar-refractivity contribution in [3.63, 3.8) is 0 Å². The third kappa shape index (κ3) is 3.03. The predicted octanol–water partition coefficient (Wildman–Crippen LogP) is 3.24. The molecule has 0 saturated heterocycles. The minimum absolute atomic E-state index is 0.0332. The van der Waals surface area contributed by atoms with Gasteiger partial charge in [0.05, 0.1) is 11.6 Å². The van der Waals surface area contributed by atoms with Crippen molar-refractivity contribution in [1.82, 2.24) is 5.32 Å². The second-order valence-corrected chi connectivity index (χ2v) is 4.86. The number of benzene rings is 2. The van der Waals surface area contributed by atoms with Crippen molar-refractivity contribution in [2.24, 2.45) is 0 Å². The van der Waals surface area contributed by atoms with E-state index in [0.717, 1.165) is 5.56 Å². The van der Waals surface area contributed by atoms with Crippen molar-refractivity contribution in [1.29, 1.82) is 0 Å². The quantitative estimate of drug-likeness (QED) is 0.760. The molecular formula is C15H14ClNO3. The van der Waals surface area contributed by atoms with Crippen LogP contribution in [0.2, 0.25) is 5.02 Å². The van der Waals surface area contributed by atoms with Crippen LogP contribution in [0.15, 0.2) is 42.5 Å². The first-order valence-electron chi connectivity index (χ1n) is 6.06. The summed E-state index contributed by atoms with van der Waals surface area (Å²) in [6, 6.07) is 11.1. The van der Waals surface area contributed by atoms with E-state index in [0.29, 0.717) is 5.02 Å². The molecule has 0 spiro atoms. The van der Waals surface area contributed by atoms with Crippen LogP contribution >= 0.6 is 11.6 Å². The molecule has 2 aromatic rings. The van der Waals surface area contributed by atoms with Crippen LogP contribution in [0.25, 0.3) is 0 Å². The van der Waals surface area contributed by atoms with Crippen LogP contribution in [0.5, 0.6) is 11.5 Å². The Kier molecular flexibility index (Phi) is 4.15. The van der Waals surface area contributed by atoms with Gasteiger partial charge >= 0.3 is 0 Å². The zero-order valence-electron chi connectivity index (χ0n) is 10.8. The van der Waals surface area contributed by atoms with Gasteiger partial charge in [-0.15, -0.1) is 0 Å². The van der Waals surface area contributed by atoms with Gasteiger partial charge in [0, 0.05) is 5.02 Å². The number of carbonyl (C=O) groups excluding carboxylic acids is 1. The van der Waals surface area contributed by atoms with Crippen LogP contribution in [0.1, 0.15) is 28.9 Å². The minimum atomic E-state index is -0.458. The van der Waals surface area contributed by atoms with E-state index in [1.54, 1.807) is 12.1 Å². The van der Waals surface area contributed by atoms with Crippen LogP contribution in [-0.4, -0.2) is 16.1 Å². The van der Waals surface area contributed by atoms with E-state index < -0.39 is 11.7 Å². The average molecular weight is 292 g/mol. The molecular weight excluding hydrogens is 278 g/mol. The van der Waals surface area contributed by atoms with Crippen LogP contribution in [-0.2, 0) is 0 Å². The first kappa shape index (κ1) is 14.2. The second kappa shape index (κ2) is 5.84.